The first-order valence-electron chi connectivity index (χ1n) is 5.00. The van der Waals surface area contributed by atoms with Gasteiger partial charge in [0, 0.05) is 20.0 Å². The van der Waals surface area contributed by atoms with E-state index in [9.17, 15) is 0 Å². The Morgan fingerprint density at radius 2 is 1.75 bits per heavy atom. The second-order valence-electron chi connectivity index (χ2n) is 3.33. The molecule has 0 heterocycles. The number of hydrogen-bond donors (Lipinski definition) is 1. The summed E-state index contributed by atoms with van der Waals surface area (Å²) in [5.74, 6) is 0.797. The van der Waals surface area contributed by atoms with Crippen molar-refractivity contribution in [3.8, 4) is 0 Å². The van der Waals surface area contributed by atoms with Crippen LogP contribution in [0.25, 0.3) is 0 Å². The molecule has 0 radical (unpaired) electrons. The molecule has 0 atom stereocenters. The van der Waals surface area contributed by atoms with Crippen LogP contribution in [-0.4, -0.2) is 24.3 Å². The summed E-state index contributed by atoms with van der Waals surface area (Å²) in [5, 5.41) is 7.70. The first-order valence-corrected chi connectivity index (χ1v) is 5.00. The summed E-state index contributed by atoms with van der Waals surface area (Å²) in [7, 11) is 2.02. The molecule has 2 nitrogen and oxygen atoms in total. The number of rotatable bonds is 6. The van der Waals surface area contributed by atoms with Crippen LogP contribution in [0.15, 0.2) is 0 Å². The third-order valence-corrected chi connectivity index (χ3v) is 2.07. The average Bonchev–Trinajstić information content (AvgIpc) is 2.10. The Kier molecular flexibility index (Phi) is 6.82. The van der Waals surface area contributed by atoms with Gasteiger partial charge in [-0.1, -0.05) is 26.7 Å². The van der Waals surface area contributed by atoms with Gasteiger partial charge in [0.2, 0.25) is 0 Å². The van der Waals surface area contributed by atoms with Gasteiger partial charge in [-0.2, -0.15) is 0 Å². The monoisotopic (exact) mass is 170 g/mol. The van der Waals surface area contributed by atoms with Crippen molar-refractivity contribution in [2.45, 2.75) is 46.0 Å². The van der Waals surface area contributed by atoms with Crippen LogP contribution in [0.1, 0.15) is 46.0 Å². The Hall–Kier alpha value is -0.530. The van der Waals surface area contributed by atoms with Gasteiger partial charge in [-0.15, -0.1) is 0 Å². The van der Waals surface area contributed by atoms with Crippen LogP contribution >= 0.6 is 0 Å². The van der Waals surface area contributed by atoms with E-state index in [1.54, 1.807) is 0 Å². The first kappa shape index (κ1) is 11.5. The lowest BCUT2D eigenvalue weighted by atomic mass is 10.2. The van der Waals surface area contributed by atoms with Crippen LogP contribution < -0.4 is 0 Å². The fraction of sp³-hybridized carbons (Fsp3) is 0.900. The molecule has 0 unspecified atom stereocenters. The van der Waals surface area contributed by atoms with Crippen molar-refractivity contribution in [3.05, 3.63) is 0 Å². The van der Waals surface area contributed by atoms with Gasteiger partial charge in [0.25, 0.3) is 0 Å². The summed E-state index contributed by atoms with van der Waals surface area (Å²) in [6.07, 6.45) is 5.69. The molecule has 0 aromatic rings. The van der Waals surface area contributed by atoms with Crippen LogP contribution in [0.5, 0.6) is 0 Å². The highest BCUT2D eigenvalue weighted by Gasteiger charge is 2.01. The highest BCUT2D eigenvalue weighted by atomic mass is 15.1. The van der Waals surface area contributed by atoms with Gasteiger partial charge in [-0.3, -0.25) is 5.41 Å². The van der Waals surface area contributed by atoms with Gasteiger partial charge in [-0.05, 0) is 12.8 Å². The largest absolute Gasteiger partial charge is 0.364 e. The van der Waals surface area contributed by atoms with E-state index in [0.29, 0.717) is 0 Å². The molecular weight excluding hydrogens is 148 g/mol. The topological polar surface area (TPSA) is 27.1 Å². The predicted octanol–water partition coefficient (Wildman–Crippen LogP) is 2.89. The third-order valence-electron chi connectivity index (χ3n) is 2.07. The van der Waals surface area contributed by atoms with Crippen molar-refractivity contribution in [2.24, 2.45) is 0 Å². The lowest BCUT2D eigenvalue weighted by molar-refractivity contribution is 0.468. The fourth-order valence-corrected chi connectivity index (χ4v) is 1.07. The number of nitrogens with zero attached hydrogens (tertiary/aromatic N) is 1. The number of unbranched alkanes of at least 4 members (excludes halogenated alkanes) is 2. The fourth-order valence-electron chi connectivity index (χ4n) is 1.07. The van der Waals surface area contributed by atoms with Gasteiger partial charge < -0.3 is 4.90 Å². The molecule has 0 aliphatic carbocycles. The molecule has 0 aliphatic heterocycles. The Morgan fingerprint density at radius 1 is 1.17 bits per heavy atom. The predicted molar refractivity (Wildman–Crippen MR) is 54.8 cm³/mol. The van der Waals surface area contributed by atoms with Crippen LogP contribution in [0.3, 0.4) is 0 Å². The van der Waals surface area contributed by atoms with Gasteiger partial charge >= 0.3 is 0 Å². The lowest BCUT2D eigenvalue weighted by Crippen LogP contribution is -2.26. The van der Waals surface area contributed by atoms with Gasteiger partial charge in [0.15, 0.2) is 0 Å². The normalized spacial score (nSPS) is 9.92. The molecule has 1 N–H and O–H groups in total. The van der Waals surface area contributed by atoms with Crippen molar-refractivity contribution >= 4 is 5.84 Å². The van der Waals surface area contributed by atoms with E-state index in [-0.39, 0.29) is 0 Å². The van der Waals surface area contributed by atoms with Crippen molar-refractivity contribution < 1.29 is 0 Å². The maximum Gasteiger partial charge on any atom is 0.0955 e. The van der Waals surface area contributed by atoms with E-state index >= 15 is 0 Å². The zero-order valence-corrected chi connectivity index (χ0v) is 8.69. The molecule has 0 amide bonds. The molecule has 0 aromatic carbocycles. The Labute approximate surface area is 76.5 Å². The van der Waals surface area contributed by atoms with Crippen LogP contribution in [-0.2, 0) is 0 Å². The highest BCUT2D eigenvalue weighted by molar-refractivity contribution is 5.78. The first-order chi connectivity index (χ1) is 5.72. The molecule has 0 saturated carbocycles. The summed E-state index contributed by atoms with van der Waals surface area (Å²) in [5.41, 5.74) is 0. The van der Waals surface area contributed by atoms with E-state index in [4.69, 9.17) is 5.41 Å². The van der Waals surface area contributed by atoms with Gasteiger partial charge in [0.05, 0.1) is 5.84 Å². The molecular formula is C10H22N2. The zero-order valence-electron chi connectivity index (χ0n) is 8.69. The van der Waals surface area contributed by atoms with Crippen LogP contribution in [0, 0.1) is 5.41 Å². The molecule has 12 heavy (non-hydrogen) atoms. The number of nitrogens with one attached hydrogen (secondary N) is 1. The Morgan fingerprint density at radius 3 is 2.25 bits per heavy atom. The maximum atomic E-state index is 7.70. The van der Waals surface area contributed by atoms with E-state index in [1.807, 2.05) is 7.05 Å². The molecule has 0 saturated heterocycles. The minimum Gasteiger partial charge on any atom is -0.364 e. The number of hydrogen-bond acceptors (Lipinski definition) is 1. The van der Waals surface area contributed by atoms with Gasteiger partial charge in [-0.25, -0.2) is 0 Å². The maximum absolute atomic E-state index is 7.70. The van der Waals surface area contributed by atoms with Crippen molar-refractivity contribution in [1.82, 2.24) is 4.90 Å². The molecule has 72 valence electrons. The van der Waals surface area contributed by atoms with Crippen molar-refractivity contribution in [1.29, 1.82) is 5.41 Å². The molecule has 0 rings (SSSR count). The zero-order chi connectivity index (χ0) is 9.40. The summed E-state index contributed by atoms with van der Waals surface area (Å²) < 4.78 is 0. The lowest BCUT2D eigenvalue weighted by Gasteiger charge is -2.19. The molecule has 0 aliphatic rings. The standard InChI is InChI=1S/C10H22N2/c1-4-6-8-10(11)12(3)9-7-5-2/h11H,4-9H2,1-3H3. The average molecular weight is 170 g/mol. The molecule has 0 aromatic heterocycles. The minimum absolute atomic E-state index is 0.797. The molecule has 0 bridgehead atoms. The van der Waals surface area contributed by atoms with Crippen molar-refractivity contribution in [3.63, 3.8) is 0 Å². The number of amidine groups is 1. The van der Waals surface area contributed by atoms with E-state index < -0.39 is 0 Å². The SMILES string of the molecule is CCCCC(=N)N(C)CCCC. The van der Waals surface area contributed by atoms with E-state index in [1.165, 1.54) is 19.3 Å². The summed E-state index contributed by atoms with van der Waals surface area (Å²) >= 11 is 0. The summed E-state index contributed by atoms with van der Waals surface area (Å²) in [6, 6.07) is 0. The van der Waals surface area contributed by atoms with Crippen LogP contribution in [0.2, 0.25) is 0 Å². The Bertz CT molecular complexity index is 121. The summed E-state index contributed by atoms with van der Waals surface area (Å²) in [6.45, 7) is 5.39. The molecule has 2 heteroatoms. The third kappa shape index (κ3) is 5.16. The molecule has 0 spiro atoms. The van der Waals surface area contributed by atoms with Crippen molar-refractivity contribution in [2.75, 3.05) is 13.6 Å². The quantitative estimate of drug-likeness (QED) is 0.481. The second-order valence-corrected chi connectivity index (χ2v) is 3.33. The minimum atomic E-state index is 0.797. The van der Waals surface area contributed by atoms with E-state index in [0.717, 1.165) is 25.2 Å². The van der Waals surface area contributed by atoms with Gasteiger partial charge in [0.1, 0.15) is 0 Å². The highest BCUT2D eigenvalue weighted by Crippen LogP contribution is 2.00. The molecule has 0 fully saturated rings. The summed E-state index contributed by atoms with van der Waals surface area (Å²) in [4.78, 5) is 2.07. The van der Waals surface area contributed by atoms with E-state index in [2.05, 4.69) is 18.7 Å². The second kappa shape index (κ2) is 7.14. The smallest absolute Gasteiger partial charge is 0.0955 e. The Balaban J connectivity index is 3.47. The van der Waals surface area contributed by atoms with Crippen LogP contribution in [0.4, 0.5) is 0 Å².